The highest BCUT2D eigenvalue weighted by Crippen LogP contribution is 2.31. The minimum atomic E-state index is -4.36. The lowest BCUT2D eigenvalue weighted by atomic mass is 10.1. The summed E-state index contributed by atoms with van der Waals surface area (Å²) in [6.07, 6.45) is -4.76. The van der Waals surface area contributed by atoms with E-state index in [-0.39, 0.29) is 12.5 Å². The summed E-state index contributed by atoms with van der Waals surface area (Å²) < 4.78 is 42.9. The van der Waals surface area contributed by atoms with Gasteiger partial charge in [-0.15, -0.1) is 0 Å². The highest BCUT2D eigenvalue weighted by molar-refractivity contribution is 5.80. The second-order valence-corrected chi connectivity index (χ2v) is 4.69. The normalized spacial score (nSPS) is 19.3. The first-order chi connectivity index (χ1) is 9.93. The molecular formula is C14H17F3N2O2. The molecule has 2 rings (SSSR count). The molecule has 0 bridgehead atoms. The Hall–Kier alpha value is -1.60. The molecule has 1 unspecified atom stereocenters. The SMILES string of the molecule is CCOCCN1C(=O)CNC1c1ccc(C(F)(F)F)cc1. The zero-order chi connectivity index (χ0) is 15.5. The van der Waals surface area contributed by atoms with Crippen molar-refractivity contribution in [2.45, 2.75) is 19.3 Å². The Balaban J connectivity index is 2.10. The number of alkyl halides is 3. The molecule has 116 valence electrons. The molecule has 0 spiro atoms. The molecule has 1 aliphatic heterocycles. The molecule has 1 heterocycles. The smallest absolute Gasteiger partial charge is 0.380 e. The monoisotopic (exact) mass is 302 g/mol. The van der Waals surface area contributed by atoms with E-state index in [1.54, 1.807) is 4.90 Å². The summed E-state index contributed by atoms with van der Waals surface area (Å²) in [7, 11) is 0. The second-order valence-electron chi connectivity index (χ2n) is 4.69. The number of hydrogen-bond acceptors (Lipinski definition) is 3. The van der Waals surface area contributed by atoms with Gasteiger partial charge in [-0.25, -0.2) is 0 Å². The Morgan fingerprint density at radius 2 is 2.00 bits per heavy atom. The quantitative estimate of drug-likeness (QED) is 0.848. The number of nitrogens with one attached hydrogen (secondary N) is 1. The summed E-state index contributed by atoms with van der Waals surface area (Å²) in [5, 5.41) is 3.00. The lowest BCUT2D eigenvalue weighted by Crippen LogP contribution is -2.33. The summed E-state index contributed by atoms with van der Waals surface area (Å²) in [6, 6.07) is 4.85. The van der Waals surface area contributed by atoms with Gasteiger partial charge in [-0.05, 0) is 24.6 Å². The predicted molar refractivity (Wildman–Crippen MR) is 70.4 cm³/mol. The summed E-state index contributed by atoms with van der Waals surface area (Å²) in [6.45, 7) is 3.40. The average Bonchev–Trinajstić information content (AvgIpc) is 2.80. The van der Waals surface area contributed by atoms with Gasteiger partial charge >= 0.3 is 6.18 Å². The molecule has 1 atom stereocenters. The van der Waals surface area contributed by atoms with Crippen molar-refractivity contribution in [1.82, 2.24) is 10.2 Å². The Bertz CT molecular complexity index is 488. The second kappa shape index (κ2) is 6.44. The van der Waals surface area contributed by atoms with Crippen molar-refractivity contribution in [2.75, 3.05) is 26.3 Å². The summed E-state index contributed by atoms with van der Waals surface area (Å²) in [5.41, 5.74) is -0.0678. The van der Waals surface area contributed by atoms with Gasteiger partial charge in [0.05, 0.1) is 18.7 Å². The molecule has 0 radical (unpaired) electrons. The zero-order valence-corrected chi connectivity index (χ0v) is 11.6. The van der Waals surface area contributed by atoms with E-state index in [0.29, 0.717) is 25.3 Å². The van der Waals surface area contributed by atoms with E-state index in [2.05, 4.69) is 5.32 Å². The van der Waals surface area contributed by atoms with E-state index in [4.69, 9.17) is 4.74 Å². The van der Waals surface area contributed by atoms with E-state index in [0.717, 1.165) is 12.1 Å². The Morgan fingerprint density at radius 1 is 1.33 bits per heavy atom. The molecular weight excluding hydrogens is 285 g/mol. The topological polar surface area (TPSA) is 41.6 Å². The van der Waals surface area contributed by atoms with E-state index in [1.807, 2.05) is 6.92 Å². The van der Waals surface area contributed by atoms with Crippen LogP contribution in [-0.2, 0) is 15.7 Å². The summed E-state index contributed by atoms with van der Waals surface area (Å²) in [4.78, 5) is 13.4. The number of carbonyl (C=O) groups excluding carboxylic acids is 1. The third-order valence-electron chi connectivity index (χ3n) is 3.31. The molecule has 21 heavy (non-hydrogen) atoms. The van der Waals surface area contributed by atoms with Crippen LogP contribution < -0.4 is 5.32 Å². The fraction of sp³-hybridized carbons (Fsp3) is 0.500. The first kappa shape index (κ1) is 15.8. The Morgan fingerprint density at radius 3 is 2.57 bits per heavy atom. The average molecular weight is 302 g/mol. The van der Waals surface area contributed by atoms with Crippen molar-refractivity contribution in [3.63, 3.8) is 0 Å². The molecule has 1 aromatic carbocycles. The minimum absolute atomic E-state index is 0.0837. The van der Waals surface area contributed by atoms with Crippen LogP contribution in [0.1, 0.15) is 24.2 Å². The van der Waals surface area contributed by atoms with Crippen molar-refractivity contribution in [1.29, 1.82) is 0 Å². The molecule has 1 aliphatic rings. The molecule has 1 aromatic rings. The van der Waals surface area contributed by atoms with Crippen LogP contribution in [0.4, 0.5) is 13.2 Å². The van der Waals surface area contributed by atoms with Gasteiger partial charge in [-0.2, -0.15) is 13.2 Å². The van der Waals surface area contributed by atoms with Crippen molar-refractivity contribution in [3.05, 3.63) is 35.4 Å². The summed E-state index contributed by atoms with van der Waals surface area (Å²) >= 11 is 0. The van der Waals surface area contributed by atoms with Crippen LogP contribution in [-0.4, -0.2) is 37.1 Å². The minimum Gasteiger partial charge on any atom is -0.380 e. The van der Waals surface area contributed by atoms with Gasteiger partial charge < -0.3 is 9.64 Å². The number of rotatable bonds is 5. The van der Waals surface area contributed by atoms with Gasteiger partial charge in [-0.3, -0.25) is 10.1 Å². The van der Waals surface area contributed by atoms with Crippen LogP contribution >= 0.6 is 0 Å². The van der Waals surface area contributed by atoms with Gasteiger partial charge in [0.1, 0.15) is 6.17 Å². The van der Waals surface area contributed by atoms with E-state index < -0.39 is 17.9 Å². The van der Waals surface area contributed by atoms with Crippen LogP contribution in [0.15, 0.2) is 24.3 Å². The molecule has 4 nitrogen and oxygen atoms in total. The number of amides is 1. The fourth-order valence-corrected chi connectivity index (χ4v) is 2.25. The van der Waals surface area contributed by atoms with Crippen molar-refractivity contribution in [3.8, 4) is 0 Å². The van der Waals surface area contributed by atoms with Crippen LogP contribution in [0.25, 0.3) is 0 Å². The van der Waals surface area contributed by atoms with Gasteiger partial charge in [0.2, 0.25) is 5.91 Å². The molecule has 7 heteroatoms. The standard InChI is InChI=1S/C14H17F3N2O2/c1-2-21-8-7-19-12(20)9-18-13(19)10-3-5-11(6-4-10)14(15,16)17/h3-6,13,18H,2,7-9H2,1H3. The number of benzene rings is 1. The third kappa shape index (κ3) is 3.74. The molecule has 1 fully saturated rings. The molecule has 1 amide bonds. The first-order valence-corrected chi connectivity index (χ1v) is 6.71. The van der Waals surface area contributed by atoms with E-state index in [9.17, 15) is 18.0 Å². The largest absolute Gasteiger partial charge is 0.416 e. The molecule has 0 aromatic heterocycles. The van der Waals surface area contributed by atoms with Crippen molar-refractivity contribution < 1.29 is 22.7 Å². The molecule has 0 saturated carbocycles. The first-order valence-electron chi connectivity index (χ1n) is 6.71. The van der Waals surface area contributed by atoms with E-state index in [1.165, 1.54) is 12.1 Å². The zero-order valence-electron chi connectivity index (χ0n) is 11.6. The van der Waals surface area contributed by atoms with Gasteiger partial charge in [0, 0.05) is 13.2 Å². The highest BCUT2D eigenvalue weighted by atomic mass is 19.4. The number of nitrogens with zero attached hydrogens (tertiary/aromatic N) is 1. The van der Waals surface area contributed by atoms with Crippen molar-refractivity contribution in [2.24, 2.45) is 0 Å². The maximum atomic E-state index is 12.5. The number of hydrogen-bond donors (Lipinski definition) is 1. The number of halogens is 3. The van der Waals surface area contributed by atoms with Gasteiger partial charge in [-0.1, -0.05) is 12.1 Å². The Labute approximate surface area is 120 Å². The molecule has 1 N–H and O–H groups in total. The van der Waals surface area contributed by atoms with Crippen LogP contribution in [0.3, 0.4) is 0 Å². The number of ether oxygens (including phenoxy) is 1. The molecule has 0 aliphatic carbocycles. The van der Waals surface area contributed by atoms with Crippen LogP contribution in [0.2, 0.25) is 0 Å². The summed E-state index contributed by atoms with van der Waals surface area (Å²) in [5.74, 6) is -0.0837. The van der Waals surface area contributed by atoms with Gasteiger partial charge in [0.25, 0.3) is 0 Å². The lowest BCUT2D eigenvalue weighted by molar-refractivity contribution is -0.137. The Kier molecular flexibility index (Phi) is 4.84. The van der Waals surface area contributed by atoms with Crippen LogP contribution in [0.5, 0.6) is 0 Å². The third-order valence-corrected chi connectivity index (χ3v) is 3.31. The van der Waals surface area contributed by atoms with Gasteiger partial charge in [0.15, 0.2) is 0 Å². The van der Waals surface area contributed by atoms with Crippen LogP contribution in [0, 0.1) is 0 Å². The lowest BCUT2D eigenvalue weighted by Gasteiger charge is -2.24. The predicted octanol–water partition coefficient (Wildman–Crippen LogP) is 2.17. The highest BCUT2D eigenvalue weighted by Gasteiger charge is 2.33. The number of carbonyl (C=O) groups is 1. The van der Waals surface area contributed by atoms with Crippen molar-refractivity contribution >= 4 is 5.91 Å². The molecule has 1 saturated heterocycles. The maximum Gasteiger partial charge on any atom is 0.416 e. The van der Waals surface area contributed by atoms with E-state index >= 15 is 0 Å². The fourth-order valence-electron chi connectivity index (χ4n) is 2.25. The maximum absolute atomic E-state index is 12.5.